The number of rotatable bonds is 5. The zero-order valence-electron chi connectivity index (χ0n) is 9.82. The van der Waals surface area contributed by atoms with Crippen molar-refractivity contribution in [3.05, 3.63) is 61.3 Å². The maximum atomic E-state index is 13.1. The Labute approximate surface area is 115 Å². The lowest BCUT2D eigenvalue weighted by atomic mass is 10.3. The van der Waals surface area contributed by atoms with Gasteiger partial charge in [-0.15, -0.1) is 0 Å². The minimum absolute atomic E-state index is 0.0580. The highest BCUT2D eigenvalue weighted by atomic mass is 32.1. The van der Waals surface area contributed by atoms with E-state index in [2.05, 4.69) is 0 Å². The molecule has 0 N–H and O–H groups in total. The Kier molecular flexibility index (Phi) is 3.89. The third kappa shape index (κ3) is 3.06. The molecule has 0 aliphatic heterocycles. The van der Waals surface area contributed by atoms with Crippen LogP contribution in [-0.4, -0.2) is 9.85 Å². The van der Waals surface area contributed by atoms with Crippen molar-refractivity contribution in [2.24, 2.45) is 0 Å². The molecule has 1 aromatic carbocycles. The van der Waals surface area contributed by atoms with Gasteiger partial charge in [0.15, 0.2) is 5.75 Å². The molecule has 0 atom stereocenters. The molecule has 0 saturated carbocycles. The smallest absolute Gasteiger partial charge is 0.324 e. The molecule has 0 aliphatic rings. The number of thiophene rings is 1. The van der Waals surface area contributed by atoms with Gasteiger partial charge in [0, 0.05) is 29.1 Å². The SMILES string of the molecule is O=[N+]([O-])c1cc(COc2cc(F)ccc2[N+](=O)[O-])cs1. The molecule has 0 spiro atoms. The van der Waals surface area contributed by atoms with E-state index in [9.17, 15) is 24.6 Å². The summed E-state index contributed by atoms with van der Waals surface area (Å²) in [6, 6.07) is 4.16. The van der Waals surface area contributed by atoms with Gasteiger partial charge in [-0.25, -0.2) is 4.39 Å². The predicted octanol–water partition coefficient (Wildman–Crippen LogP) is 3.28. The van der Waals surface area contributed by atoms with Crippen LogP contribution < -0.4 is 4.74 Å². The van der Waals surface area contributed by atoms with Gasteiger partial charge in [0.25, 0.3) is 0 Å². The van der Waals surface area contributed by atoms with Crippen LogP contribution in [0.25, 0.3) is 0 Å². The molecular weight excluding hydrogens is 291 g/mol. The van der Waals surface area contributed by atoms with Gasteiger partial charge in [0.2, 0.25) is 0 Å². The van der Waals surface area contributed by atoms with Crippen molar-refractivity contribution < 1.29 is 19.0 Å². The molecule has 9 heteroatoms. The fourth-order valence-electron chi connectivity index (χ4n) is 1.45. The Morgan fingerprint density at radius 2 is 1.95 bits per heavy atom. The van der Waals surface area contributed by atoms with E-state index in [1.807, 2.05) is 0 Å². The molecule has 2 aromatic rings. The van der Waals surface area contributed by atoms with E-state index < -0.39 is 15.7 Å². The molecule has 20 heavy (non-hydrogen) atoms. The summed E-state index contributed by atoms with van der Waals surface area (Å²) in [5.74, 6) is -0.884. The quantitative estimate of drug-likeness (QED) is 0.623. The molecule has 0 saturated heterocycles. The maximum Gasteiger partial charge on any atom is 0.324 e. The first kappa shape index (κ1) is 13.9. The normalized spacial score (nSPS) is 10.2. The van der Waals surface area contributed by atoms with Gasteiger partial charge in [-0.1, -0.05) is 11.3 Å². The first-order chi connectivity index (χ1) is 9.47. The summed E-state index contributed by atoms with van der Waals surface area (Å²) in [6.45, 7) is -0.116. The van der Waals surface area contributed by atoms with Crippen LogP contribution in [0.4, 0.5) is 15.1 Å². The van der Waals surface area contributed by atoms with Gasteiger partial charge in [-0.05, 0) is 6.07 Å². The number of halogens is 1. The van der Waals surface area contributed by atoms with Gasteiger partial charge in [-0.3, -0.25) is 20.2 Å². The van der Waals surface area contributed by atoms with Crippen molar-refractivity contribution >= 4 is 22.0 Å². The number of nitrogens with zero attached hydrogens (tertiary/aromatic N) is 2. The summed E-state index contributed by atoms with van der Waals surface area (Å²) in [6.07, 6.45) is 0. The summed E-state index contributed by atoms with van der Waals surface area (Å²) in [4.78, 5) is 20.0. The van der Waals surface area contributed by atoms with Crippen LogP contribution in [0.15, 0.2) is 29.6 Å². The highest BCUT2D eigenvalue weighted by Gasteiger charge is 2.17. The van der Waals surface area contributed by atoms with Gasteiger partial charge >= 0.3 is 10.7 Å². The molecule has 2 rings (SSSR count). The van der Waals surface area contributed by atoms with Crippen LogP contribution in [0, 0.1) is 26.0 Å². The lowest BCUT2D eigenvalue weighted by molar-refractivity contribution is -0.386. The lowest BCUT2D eigenvalue weighted by Gasteiger charge is -2.05. The topological polar surface area (TPSA) is 95.5 Å². The minimum Gasteiger partial charge on any atom is -0.482 e. The molecular formula is C11H7FN2O5S. The van der Waals surface area contributed by atoms with Crippen LogP contribution in [-0.2, 0) is 6.61 Å². The van der Waals surface area contributed by atoms with Crippen LogP contribution in [0.3, 0.4) is 0 Å². The van der Waals surface area contributed by atoms with Crippen molar-refractivity contribution in [3.63, 3.8) is 0 Å². The Morgan fingerprint density at radius 1 is 1.20 bits per heavy atom. The van der Waals surface area contributed by atoms with Crippen molar-refractivity contribution in [1.82, 2.24) is 0 Å². The molecule has 1 aromatic heterocycles. The second kappa shape index (κ2) is 5.61. The Morgan fingerprint density at radius 3 is 2.55 bits per heavy atom. The molecule has 0 bridgehead atoms. The highest BCUT2D eigenvalue weighted by Crippen LogP contribution is 2.29. The van der Waals surface area contributed by atoms with E-state index in [0.717, 1.165) is 29.5 Å². The molecule has 0 unspecified atom stereocenters. The first-order valence-corrected chi connectivity index (χ1v) is 6.14. The fourth-order valence-corrected chi connectivity index (χ4v) is 2.16. The van der Waals surface area contributed by atoms with Crippen LogP contribution in [0.1, 0.15) is 5.56 Å². The zero-order chi connectivity index (χ0) is 14.7. The van der Waals surface area contributed by atoms with E-state index in [0.29, 0.717) is 5.56 Å². The summed E-state index contributed by atoms with van der Waals surface area (Å²) >= 11 is 0.919. The standard InChI is InChI=1S/C11H7FN2O5S/c12-8-1-2-9(13(15)16)10(4-8)19-5-7-3-11(14(17)18)20-6-7/h1-4,6H,5H2. The monoisotopic (exact) mass is 298 g/mol. The van der Waals surface area contributed by atoms with E-state index in [1.165, 1.54) is 11.4 Å². The Bertz CT molecular complexity index is 673. The number of nitro benzene ring substituents is 1. The minimum atomic E-state index is -0.690. The molecule has 0 amide bonds. The van der Waals surface area contributed by atoms with Gasteiger partial charge < -0.3 is 4.74 Å². The molecule has 104 valence electrons. The Hall–Kier alpha value is -2.55. The van der Waals surface area contributed by atoms with Crippen LogP contribution in [0.5, 0.6) is 5.75 Å². The fraction of sp³-hybridized carbons (Fsp3) is 0.0909. The van der Waals surface area contributed by atoms with Crippen molar-refractivity contribution in [2.45, 2.75) is 6.61 Å². The molecule has 0 fully saturated rings. The van der Waals surface area contributed by atoms with E-state index in [4.69, 9.17) is 4.74 Å². The predicted molar refractivity (Wildman–Crippen MR) is 68.4 cm³/mol. The van der Waals surface area contributed by atoms with Crippen LogP contribution >= 0.6 is 11.3 Å². The summed E-state index contributed by atoms with van der Waals surface area (Å²) < 4.78 is 18.2. The van der Waals surface area contributed by atoms with Crippen molar-refractivity contribution in [3.8, 4) is 5.75 Å². The highest BCUT2D eigenvalue weighted by molar-refractivity contribution is 7.13. The van der Waals surface area contributed by atoms with E-state index in [1.54, 1.807) is 0 Å². The average Bonchev–Trinajstić information content (AvgIpc) is 2.85. The van der Waals surface area contributed by atoms with Gasteiger partial charge in [-0.2, -0.15) is 0 Å². The number of nitro groups is 2. The maximum absolute atomic E-state index is 13.1. The molecule has 0 radical (unpaired) electrons. The number of hydrogen-bond donors (Lipinski definition) is 0. The Balaban J connectivity index is 2.15. The van der Waals surface area contributed by atoms with Gasteiger partial charge in [0.05, 0.1) is 9.85 Å². The van der Waals surface area contributed by atoms with Gasteiger partial charge in [0.1, 0.15) is 12.4 Å². The number of benzene rings is 1. The number of ether oxygens (including phenoxy) is 1. The molecule has 1 heterocycles. The molecule has 7 nitrogen and oxygen atoms in total. The lowest BCUT2D eigenvalue weighted by Crippen LogP contribution is -1.99. The second-order valence-electron chi connectivity index (χ2n) is 3.71. The number of hydrogen-bond acceptors (Lipinski definition) is 6. The third-order valence-corrected chi connectivity index (χ3v) is 3.26. The average molecular weight is 298 g/mol. The van der Waals surface area contributed by atoms with E-state index >= 15 is 0 Å². The second-order valence-corrected chi connectivity index (χ2v) is 4.60. The summed E-state index contributed by atoms with van der Waals surface area (Å²) in [5.41, 5.74) is 0.122. The summed E-state index contributed by atoms with van der Waals surface area (Å²) in [7, 11) is 0. The zero-order valence-corrected chi connectivity index (χ0v) is 10.6. The van der Waals surface area contributed by atoms with Crippen molar-refractivity contribution in [1.29, 1.82) is 0 Å². The largest absolute Gasteiger partial charge is 0.482 e. The van der Waals surface area contributed by atoms with E-state index in [-0.39, 0.29) is 23.0 Å². The summed E-state index contributed by atoms with van der Waals surface area (Å²) in [5, 5.41) is 22.7. The first-order valence-electron chi connectivity index (χ1n) is 5.26. The molecule has 0 aliphatic carbocycles. The third-order valence-electron chi connectivity index (χ3n) is 2.33. The van der Waals surface area contributed by atoms with Crippen LogP contribution in [0.2, 0.25) is 0 Å². The van der Waals surface area contributed by atoms with Crippen molar-refractivity contribution in [2.75, 3.05) is 0 Å².